The zero-order valence-electron chi connectivity index (χ0n) is 16.9. The second-order valence-corrected chi connectivity index (χ2v) is 7.88. The van der Waals surface area contributed by atoms with Crippen LogP contribution in [0.25, 0.3) is 16.8 Å². The van der Waals surface area contributed by atoms with E-state index in [1.807, 2.05) is 59.7 Å². The number of rotatable bonds is 7. The maximum absolute atomic E-state index is 12.5. The third-order valence-electron chi connectivity index (χ3n) is 4.86. The smallest absolute Gasteiger partial charge is 0.268 e. The fourth-order valence-corrected chi connectivity index (χ4v) is 3.90. The van der Waals surface area contributed by atoms with Crippen LogP contribution in [-0.2, 0) is 11.3 Å². The van der Waals surface area contributed by atoms with Crippen molar-refractivity contribution in [2.75, 3.05) is 32.8 Å². The van der Waals surface area contributed by atoms with Crippen molar-refractivity contribution < 1.29 is 14.1 Å². The van der Waals surface area contributed by atoms with Gasteiger partial charge in [-0.05, 0) is 42.1 Å². The summed E-state index contributed by atoms with van der Waals surface area (Å²) in [6.45, 7) is 6.15. The second-order valence-electron chi connectivity index (χ2n) is 6.93. The number of benzene rings is 1. The summed E-state index contributed by atoms with van der Waals surface area (Å²) in [5.74, 6) is 2.10. The molecule has 0 saturated carbocycles. The van der Waals surface area contributed by atoms with E-state index in [0.29, 0.717) is 38.0 Å². The molecule has 2 aromatic heterocycles. The Hall–Kier alpha value is -2.97. The molecule has 30 heavy (non-hydrogen) atoms. The van der Waals surface area contributed by atoms with Gasteiger partial charge in [-0.25, -0.2) is 0 Å². The van der Waals surface area contributed by atoms with Gasteiger partial charge in [0.1, 0.15) is 5.75 Å². The van der Waals surface area contributed by atoms with E-state index in [4.69, 9.17) is 9.26 Å². The summed E-state index contributed by atoms with van der Waals surface area (Å²) in [4.78, 5) is 22.1. The molecular weight excluding hydrogens is 400 g/mol. The summed E-state index contributed by atoms with van der Waals surface area (Å²) in [5.41, 5.74) is 0.976. The summed E-state index contributed by atoms with van der Waals surface area (Å²) in [7, 11) is 0. The topological polar surface area (TPSA) is 71.7 Å². The number of ether oxygens (including phenoxy) is 1. The van der Waals surface area contributed by atoms with Crippen LogP contribution in [0.1, 0.15) is 18.3 Å². The normalized spacial score (nSPS) is 15.0. The molecule has 0 atom stereocenters. The Morgan fingerprint density at radius 1 is 1.20 bits per heavy atom. The first-order valence-corrected chi connectivity index (χ1v) is 10.9. The van der Waals surface area contributed by atoms with Gasteiger partial charge in [0.25, 0.3) is 5.89 Å². The van der Waals surface area contributed by atoms with Gasteiger partial charge in [0, 0.05) is 32.3 Å². The Morgan fingerprint density at radius 3 is 2.70 bits per heavy atom. The highest BCUT2D eigenvalue weighted by atomic mass is 32.1. The van der Waals surface area contributed by atoms with Crippen molar-refractivity contribution in [3.63, 3.8) is 0 Å². The highest BCUT2D eigenvalue weighted by Gasteiger charge is 2.21. The highest BCUT2D eigenvalue weighted by Crippen LogP contribution is 2.22. The SMILES string of the molecule is CCOc1ccc(/C=C/C(=O)N2CCN(Cc3noc(-c4cccs4)n3)CC2)cc1. The van der Waals surface area contributed by atoms with Crippen molar-refractivity contribution in [1.29, 1.82) is 0 Å². The van der Waals surface area contributed by atoms with Crippen molar-refractivity contribution in [2.24, 2.45) is 0 Å². The van der Waals surface area contributed by atoms with Gasteiger partial charge in [-0.2, -0.15) is 4.98 Å². The van der Waals surface area contributed by atoms with E-state index >= 15 is 0 Å². The molecule has 3 heterocycles. The predicted octanol–water partition coefficient (Wildman–Crippen LogP) is 3.55. The van der Waals surface area contributed by atoms with Crippen LogP contribution in [0.4, 0.5) is 0 Å². The van der Waals surface area contributed by atoms with Gasteiger partial charge >= 0.3 is 0 Å². The van der Waals surface area contributed by atoms with E-state index in [-0.39, 0.29) is 5.91 Å². The molecular formula is C22H24N4O3S. The fourth-order valence-electron chi connectivity index (χ4n) is 3.26. The molecule has 0 N–H and O–H groups in total. The third-order valence-corrected chi connectivity index (χ3v) is 5.72. The van der Waals surface area contributed by atoms with Crippen LogP contribution in [0.3, 0.4) is 0 Å². The molecule has 1 aliphatic rings. The van der Waals surface area contributed by atoms with Gasteiger partial charge in [-0.1, -0.05) is 23.4 Å². The molecule has 0 aliphatic carbocycles. The van der Waals surface area contributed by atoms with Crippen LogP contribution >= 0.6 is 11.3 Å². The van der Waals surface area contributed by atoms with Gasteiger partial charge in [-0.15, -0.1) is 11.3 Å². The van der Waals surface area contributed by atoms with Crippen LogP contribution in [-0.4, -0.2) is 58.6 Å². The second kappa shape index (κ2) is 9.69. The number of piperazine rings is 1. The number of carbonyl (C=O) groups excluding carboxylic acids is 1. The molecule has 156 valence electrons. The Kier molecular flexibility index (Phi) is 6.56. The fraction of sp³-hybridized carbons (Fsp3) is 0.318. The molecule has 1 aromatic carbocycles. The van der Waals surface area contributed by atoms with Crippen LogP contribution in [0.2, 0.25) is 0 Å². The molecule has 1 aliphatic heterocycles. The maximum Gasteiger partial charge on any atom is 0.268 e. The molecule has 0 spiro atoms. The monoisotopic (exact) mass is 424 g/mol. The lowest BCUT2D eigenvalue weighted by Gasteiger charge is -2.33. The minimum absolute atomic E-state index is 0.0306. The summed E-state index contributed by atoms with van der Waals surface area (Å²) in [6, 6.07) is 11.6. The Bertz CT molecular complexity index is 974. The number of thiophene rings is 1. The van der Waals surface area contributed by atoms with E-state index < -0.39 is 0 Å². The summed E-state index contributed by atoms with van der Waals surface area (Å²) in [6.07, 6.45) is 3.48. The molecule has 0 unspecified atom stereocenters. The predicted molar refractivity (Wildman–Crippen MR) is 116 cm³/mol. The molecule has 1 saturated heterocycles. The average molecular weight is 425 g/mol. The lowest BCUT2D eigenvalue weighted by atomic mass is 10.2. The largest absolute Gasteiger partial charge is 0.494 e. The quantitative estimate of drug-likeness (QED) is 0.540. The number of nitrogens with zero attached hydrogens (tertiary/aromatic N) is 4. The Morgan fingerprint density at radius 2 is 2.00 bits per heavy atom. The zero-order valence-corrected chi connectivity index (χ0v) is 17.7. The zero-order chi connectivity index (χ0) is 20.8. The summed E-state index contributed by atoms with van der Waals surface area (Å²) >= 11 is 1.58. The van der Waals surface area contributed by atoms with Gasteiger partial charge in [0.2, 0.25) is 5.91 Å². The number of carbonyl (C=O) groups is 1. The van der Waals surface area contributed by atoms with Crippen molar-refractivity contribution in [3.05, 3.63) is 59.2 Å². The van der Waals surface area contributed by atoms with Gasteiger partial charge in [0.15, 0.2) is 5.82 Å². The molecule has 4 rings (SSSR count). The van der Waals surface area contributed by atoms with E-state index in [1.54, 1.807) is 17.4 Å². The number of hydrogen-bond donors (Lipinski definition) is 0. The summed E-state index contributed by atoms with van der Waals surface area (Å²) in [5, 5.41) is 6.07. The molecule has 0 bridgehead atoms. The lowest BCUT2D eigenvalue weighted by Crippen LogP contribution is -2.47. The first-order chi connectivity index (χ1) is 14.7. The number of amides is 1. The maximum atomic E-state index is 12.5. The molecule has 8 heteroatoms. The van der Waals surface area contributed by atoms with Crippen LogP contribution in [0, 0.1) is 0 Å². The van der Waals surface area contributed by atoms with E-state index in [9.17, 15) is 4.79 Å². The highest BCUT2D eigenvalue weighted by molar-refractivity contribution is 7.13. The Labute approximate surface area is 179 Å². The van der Waals surface area contributed by atoms with Crippen molar-refractivity contribution in [1.82, 2.24) is 19.9 Å². The molecule has 0 radical (unpaired) electrons. The summed E-state index contributed by atoms with van der Waals surface area (Å²) < 4.78 is 10.8. The number of hydrogen-bond acceptors (Lipinski definition) is 7. The van der Waals surface area contributed by atoms with E-state index in [1.165, 1.54) is 0 Å². The van der Waals surface area contributed by atoms with Gasteiger partial charge in [0.05, 0.1) is 18.0 Å². The lowest BCUT2D eigenvalue weighted by molar-refractivity contribution is -0.127. The molecule has 7 nitrogen and oxygen atoms in total. The van der Waals surface area contributed by atoms with Crippen LogP contribution in [0.5, 0.6) is 5.75 Å². The van der Waals surface area contributed by atoms with Crippen molar-refractivity contribution in [2.45, 2.75) is 13.5 Å². The minimum atomic E-state index is 0.0306. The van der Waals surface area contributed by atoms with Crippen molar-refractivity contribution in [3.8, 4) is 16.5 Å². The number of aromatic nitrogens is 2. The standard InChI is InChI=1S/C22H24N4O3S/c1-2-28-18-8-5-17(6-9-18)7-10-21(27)26-13-11-25(12-14-26)16-20-23-22(29-24-20)19-4-3-15-30-19/h3-10,15H,2,11-14,16H2,1H3/b10-7+. The average Bonchev–Trinajstić information content (AvgIpc) is 3.46. The van der Waals surface area contributed by atoms with Crippen LogP contribution < -0.4 is 4.74 Å². The third kappa shape index (κ3) is 5.14. The van der Waals surface area contributed by atoms with Crippen molar-refractivity contribution >= 4 is 23.3 Å². The first-order valence-electron chi connectivity index (χ1n) is 10.00. The minimum Gasteiger partial charge on any atom is -0.494 e. The Balaban J connectivity index is 1.25. The molecule has 1 fully saturated rings. The van der Waals surface area contributed by atoms with Gasteiger partial charge < -0.3 is 14.2 Å². The first kappa shape index (κ1) is 20.3. The van der Waals surface area contributed by atoms with E-state index in [0.717, 1.165) is 29.3 Å². The molecule has 1 amide bonds. The van der Waals surface area contributed by atoms with E-state index in [2.05, 4.69) is 15.0 Å². The molecule has 3 aromatic rings. The van der Waals surface area contributed by atoms with Crippen LogP contribution in [0.15, 0.2) is 52.4 Å². The van der Waals surface area contributed by atoms with Gasteiger partial charge in [-0.3, -0.25) is 9.69 Å².